The summed E-state index contributed by atoms with van der Waals surface area (Å²) < 4.78 is 11.3. The van der Waals surface area contributed by atoms with Crippen molar-refractivity contribution in [3.8, 4) is 11.5 Å². The van der Waals surface area contributed by atoms with Gasteiger partial charge >= 0.3 is 0 Å². The van der Waals surface area contributed by atoms with Crippen LogP contribution in [0.5, 0.6) is 11.5 Å². The summed E-state index contributed by atoms with van der Waals surface area (Å²) in [5, 5.41) is 3.02. The number of carbonyl (C=O) groups excluding carboxylic acids is 2. The predicted octanol–water partition coefficient (Wildman–Crippen LogP) is 5.38. The fourth-order valence-electron chi connectivity index (χ4n) is 4.26. The third-order valence-corrected chi connectivity index (χ3v) is 7.34. The third-order valence-electron chi connectivity index (χ3n) is 6.26. The number of para-hydroxylation sites is 1. The highest BCUT2D eigenvalue weighted by Crippen LogP contribution is 2.42. The highest BCUT2D eigenvalue weighted by molar-refractivity contribution is 8.04. The van der Waals surface area contributed by atoms with Crippen LogP contribution in [0.3, 0.4) is 0 Å². The molecule has 2 aliphatic heterocycles. The van der Waals surface area contributed by atoms with Crippen molar-refractivity contribution in [3.05, 3.63) is 88.3 Å². The molecule has 2 amide bonds. The highest BCUT2D eigenvalue weighted by atomic mass is 32.2. The van der Waals surface area contributed by atoms with Crippen molar-refractivity contribution in [2.24, 2.45) is 0 Å². The zero-order chi connectivity index (χ0) is 25.1. The first kappa shape index (κ1) is 24.0. The number of carbonyl (C=O) groups is 2. The van der Waals surface area contributed by atoms with E-state index in [0.29, 0.717) is 29.6 Å². The molecule has 0 saturated heterocycles. The Hall–Kier alpha value is -3.71. The van der Waals surface area contributed by atoms with Crippen molar-refractivity contribution in [1.82, 2.24) is 5.32 Å². The largest absolute Gasteiger partial charge is 0.486 e. The molecule has 0 aliphatic carbocycles. The number of nitrogens with zero attached hydrogens (tertiary/aromatic N) is 1. The number of hydrogen-bond acceptors (Lipinski definition) is 5. The van der Waals surface area contributed by atoms with Crippen molar-refractivity contribution in [1.29, 1.82) is 0 Å². The SMILES string of the molecule is CCc1ccc(/C=C2\Sc3ccccc3N(CC(=O)N[C@@H](C)c3ccc4c(c3)OCCO4)C2=O)cc1. The standard InChI is InChI=1S/C29H28N2O4S/c1-3-20-8-10-21(11-9-20)16-27-29(33)31(23-6-4-5-7-26(23)36-27)18-28(32)30-19(2)22-12-13-24-25(17-22)35-15-14-34-24/h4-13,16-17,19H,3,14-15,18H2,1-2H3,(H,30,32)/b27-16-/t19-/m0/s1. The van der Waals surface area contributed by atoms with Gasteiger partial charge in [0.15, 0.2) is 11.5 Å². The first-order valence-electron chi connectivity index (χ1n) is 12.1. The number of ether oxygens (including phenoxy) is 2. The second kappa shape index (κ2) is 10.5. The van der Waals surface area contributed by atoms with Crippen LogP contribution in [0.2, 0.25) is 0 Å². The fraction of sp³-hybridized carbons (Fsp3) is 0.241. The molecule has 3 aromatic rings. The van der Waals surface area contributed by atoms with E-state index in [-0.39, 0.29) is 24.4 Å². The Kier molecular flexibility index (Phi) is 7.00. The van der Waals surface area contributed by atoms with Crippen LogP contribution in [0.25, 0.3) is 6.08 Å². The maximum Gasteiger partial charge on any atom is 0.265 e. The lowest BCUT2D eigenvalue weighted by molar-refractivity contribution is -0.122. The predicted molar refractivity (Wildman–Crippen MR) is 142 cm³/mol. The number of benzene rings is 3. The third kappa shape index (κ3) is 5.11. The zero-order valence-corrected chi connectivity index (χ0v) is 21.1. The minimum Gasteiger partial charge on any atom is -0.486 e. The van der Waals surface area contributed by atoms with Crippen LogP contribution in [0.1, 0.15) is 36.6 Å². The van der Waals surface area contributed by atoms with Gasteiger partial charge in [-0.2, -0.15) is 0 Å². The lowest BCUT2D eigenvalue weighted by atomic mass is 10.1. The zero-order valence-electron chi connectivity index (χ0n) is 20.3. The van der Waals surface area contributed by atoms with Crippen LogP contribution in [-0.4, -0.2) is 31.6 Å². The molecule has 3 aromatic carbocycles. The van der Waals surface area contributed by atoms with Crippen molar-refractivity contribution in [2.45, 2.75) is 31.2 Å². The average molecular weight is 501 g/mol. The van der Waals surface area contributed by atoms with Crippen LogP contribution < -0.4 is 19.7 Å². The van der Waals surface area contributed by atoms with E-state index in [1.54, 1.807) is 4.90 Å². The van der Waals surface area contributed by atoms with Crippen LogP contribution >= 0.6 is 11.8 Å². The second-order valence-electron chi connectivity index (χ2n) is 8.76. The van der Waals surface area contributed by atoms with Gasteiger partial charge in [0.1, 0.15) is 19.8 Å². The summed E-state index contributed by atoms with van der Waals surface area (Å²) in [6, 6.07) is 21.3. The lowest BCUT2D eigenvalue weighted by Gasteiger charge is -2.30. The molecule has 0 saturated carbocycles. The highest BCUT2D eigenvalue weighted by Gasteiger charge is 2.30. The topological polar surface area (TPSA) is 67.9 Å². The van der Waals surface area contributed by atoms with Gasteiger partial charge < -0.3 is 14.8 Å². The van der Waals surface area contributed by atoms with Gasteiger partial charge in [-0.25, -0.2) is 0 Å². The van der Waals surface area contributed by atoms with E-state index >= 15 is 0 Å². The van der Waals surface area contributed by atoms with Crippen LogP contribution in [-0.2, 0) is 16.0 Å². The number of anilines is 1. The van der Waals surface area contributed by atoms with Crippen LogP contribution in [0.15, 0.2) is 76.5 Å². The number of aryl methyl sites for hydroxylation is 1. The molecule has 7 heteroatoms. The number of amides is 2. The maximum atomic E-state index is 13.5. The molecule has 0 aromatic heterocycles. The van der Waals surface area contributed by atoms with Crippen molar-refractivity contribution in [3.63, 3.8) is 0 Å². The molecule has 0 spiro atoms. The van der Waals surface area contributed by atoms with E-state index in [9.17, 15) is 9.59 Å². The smallest absolute Gasteiger partial charge is 0.265 e. The molecule has 36 heavy (non-hydrogen) atoms. The molecular weight excluding hydrogens is 472 g/mol. The minimum atomic E-state index is -0.259. The Morgan fingerprint density at radius 2 is 1.81 bits per heavy atom. The summed E-state index contributed by atoms with van der Waals surface area (Å²) in [5.41, 5.74) is 3.85. The number of nitrogens with one attached hydrogen (secondary N) is 1. The van der Waals surface area contributed by atoms with Crippen molar-refractivity contribution >= 4 is 35.3 Å². The normalized spacial score (nSPS) is 16.4. The van der Waals surface area contributed by atoms with E-state index in [0.717, 1.165) is 28.1 Å². The summed E-state index contributed by atoms with van der Waals surface area (Å²) in [7, 11) is 0. The first-order valence-corrected chi connectivity index (χ1v) is 12.9. The van der Waals surface area contributed by atoms with E-state index < -0.39 is 0 Å². The van der Waals surface area contributed by atoms with E-state index in [1.165, 1.54) is 17.3 Å². The Morgan fingerprint density at radius 3 is 2.58 bits per heavy atom. The summed E-state index contributed by atoms with van der Waals surface area (Å²) in [6.45, 7) is 4.99. The Morgan fingerprint density at radius 1 is 1.06 bits per heavy atom. The van der Waals surface area contributed by atoms with Crippen LogP contribution in [0.4, 0.5) is 5.69 Å². The van der Waals surface area contributed by atoms with Gasteiger partial charge in [-0.15, -0.1) is 0 Å². The fourth-order valence-corrected chi connectivity index (χ4v) is 5.32. The van der Waals surface area contributed by atoms with Crippen molar-refractivity contribution < 1.29 is 19.1 Å². The van der Waals surface area contributed by atoms with Gasteiger partial charge in [0.05, 0.1) is 16.6 Å². The van der Waals surface area contributed by atoms with Gasteiger partial charge in [-0.3, -0.25) is 14.5 Å². The van der Waals surface area contributed by atoms with Crippen LogP contribution in [0, 0.1) is 0 Å². The Balaban J connectivity index is 1.34. The molecular formula is C29H28N2O4S. The quantitative estimate of drug-likeness (QED) is 0.461. The molecule has 2 aliphatic rings. The average Bonchev–Trinajstić information content (AvgIpc) is 2.91. The number of hydrogen-bond donors (Lipinski definition) is 1. The van der Waals surface area contributed by atoms with Gasteiger partial charge in [0.25, 0.3) is 5.91 Å². The summed E-state index contributed by atoms with van der Waals surface area (Å²) in [5.74, 6) is 0.971. The maximum absolute atomic E-state index is 13.5. The number of thioether (sulfide) groups is 1. The summed E-state index contributed by atoms with van der Waals surface area (Å²) in [4.78, 5) is 29.7. The van der Waals surface area contributed by atoms with Crippen molar-refractivity contribution in [2.75, 3.05) is 24.7 Å². The molecule has 2 heterocycles. The van der Waals surface area contributed by atoms with Gasteiger partial charge in [0, 0.05) is 4.90 Å². The Bertz CT molecular complexity index is 1320. The van der Waals surface area contributed by atoms with Gasteiger partial charge in [0.2, 0.25) is 5.91 Å². The van der Waals surface area contributed by atoms with Gasteiger partial charge in [-0.1, -0.05) is 61.2 Å². The molecule has 0 bridgehead atoms. The summed E-state index contributed by atoms with van der Waals surface area (Å²) >= 11 is 1.44. The van der Waals surface area contributed by atoms with E-state index in [4.69, 9.17) is 9.47 Å². The van der Waals surface area contributed by atoms with Gasteiger partial charge in [-0.05, 0) is 60.4 Å². The number of fused-ring (bicyclic) bond motifs is 2. The molecule has 0 fully saturated rings. The second-order valence-corrected chi connectivity index (χ2v) is 9.84. The molecule has 1 atom stereocenters. The molecule has 0 unspecified atom stereocenters. The number of rotatable bonds is 6. The molecule has 5 rings (SSSR count). The molecule has 6 nitrogen and oxygen atoms in total. The summed E-state index contributed by atoms with van der Waals surface area (Å²) in [6.07, 6.45) is 2.86. The first-order chi connectivity index (χ1) is 17.5. The minimum absolute atomic E-state index is 0.0720. The molecule has 0 radical (unpaired) electrons. The molecule has 1 N–H and O–H groups in total. The monoisotopic (exact) mass is 500 g/mol. The van der Waals surface area contributed by atoms with E-state index in [2.05, 4.69) is 24.4 Å². The Labute approximate surface area is 215 Å². The van der Waals surface area contributed by atoms with E-state index in [1.807, 2.05) is 67.6 Å². The molecule has 184 valence electrons. The lowest BCUT2D eigenvalue weighted by Crippen LogP contribution is -2.43.